The summed E-state index contributed by atoms with van der Waals surface area (Å²) in [4.78, 5) is 0. The third-order valence-electron chi connectivity index (χ3n) is 3.11. The van der Waals surface area contributed by atoms with Gasteiger partial charge < -0.3 is 5.32 Å². The Bertz CT molecular complexity index is 497. The largest absolute Gasteiger partial charge is 0.310 e. The second-order valence-corrected chi connectivity index (χ2v) is 4.70. The van der Waals surface area contributed by atoms with Gasteiger partial charge in [0.1, 0.15) is 0 Å². The van der Waals surface area contributed by atoms with Crippen LogP contribution in [-0.2, 0) is 13.6 Å². The Morgan fingerprint density at radius 3 is 2.76 bits per heavy atom. The van der Waals surface area contributed by atoms with Crippen LogP contribution in [0.5, 0.6) is 0 Å². The van der Waals surface area contributed by atoms with Crippen molar-refractivity contribution in [2.75, 3.05) is 0 Å². The highest BCUT2D eigenvalue weighted by molar-refractivity contribution is 5.62. The van der Waals surface area contributed by atoms with Gasteiger partial charge in [-0.3, -0.25) is 4.68 Å². The smallest absolute Gasteiger partial charge is 0.0967 e. The van der Waals surface area contributed by atoms with Gasteiger partial charge in [-0.2, -0.15) is 5.10 Å². The first-order valence-corrected chi connectivity index (χ1v) is 6.14. The highest BCUT2D eigenvalue weighted by Gasteiger charge is 2.21. The van der Waals surface area contributed by atoms with Gasteiger partial charge in [0.15, 0.2) is 0 Å². The van der Waals surface area contributed by atoms with Gasteiger partial charge in [-0.1, -0.05) is 30.3 Å². The number of rotatable bonds is 4. The maximum atomic E-state index is 4.56. The molecule has 0 saturated heterocycles. The quantitative estimate of drug-likeness (QED) is 0.869. The molecule has 0 atom stereocenters. The monoisotopic (exact) mass is 227 g/mol. The van der Waals surface area contributed by atoms with E-state index in [2.05, 4.69) is 40.9 Å². The molecule has 2 aromatic rings. The van der Waals surface area contributed by atoms with Crippen LogP contribution in [0.4, 0.5) is 0 Å². The molecular formula is C14H17N3. The van der Waals surface area contributed by atoms with E-state index >= 15 is 0 Å². The van der Waals surface area contributed by atoms with Gasteiger partial charge in [-0.05, 0) is 12.8 Å². The van der Waals surface area contributed by atoms with Crippen molar-refractivity contribution in [3.05, 3.63) is 42.1 Å². The van der Waals surface area contributed by atoms with Crippen LogP contribution < -0.4 is 5.32 Å². The van der Waals surface area contributed by atoms with Gasteiger partial charge >= 0.3 is 0 Å². The zero-order valence-corrected chi connectivity index (χ0v) is 10.1. The lowest BCUT2D eigenvalue weighted by Gasteiger charge is -2.03. The highest BCUT2D eigenvalue weighted by Crippen LogP contribution is 2.24. The maximum absolute atomic E-state index is 4.56. The van der Waals surface area contributed by atoms with Crippen molar-refractivity contribution < 1.29 is 0 Å². The van der Waals surface area contributed by atoms with E-state index in [1.807, 2.05) is 17.8 Å². The molecule has 1 aliphatic rings. The molecule has 3 nitrogen and oxygen atoms in total. The van der Waals surface area contributed by atoms with Crippen molar-refractivity contribution >= 4 is 0 Å². The summed E-state index contributed by atoms with van der Waals surface area (Å²) in [6.45, 7) is 0.919. The van der Waals surface area contributed by atoms with Crippen LogP contribution in [-0.4, -0.2) is 15.8 Å². The Hall–Kier alpha value is -1.61. The average Bonchev–Trinajstić information content (AvgIpc) is 3.11. The van der Waals surface area contributed by atoms with Crippen molar-refractivity contribution in [1.29, 1.82) is 0 Å². The standard InChI is InChI=1S/C14H17N3/c1-17-10-12(9-15-13-7-8-13)14(16-17)11-5-3-2-4-6-11/h2-6,10,13,15H,7-9H2,1H3. The molecule has 0 spiro atoms. The second kappa shape index (κ2) is 4.34. The molecule has 0 aliphatic heterocycles. The molecule has 1 aromatic carbocycles. The molecule has 1 aromatic heterocycles. The molecule has 0 unspecified atom stereocenters. The lowest BCUT2D eigenvalue weighted by atomic mass is 10.1. The summed E-state index contributed by atoms with van der Waals surface area (Å²) in [5.74, 6) is 0. The summed E-state index contributed by atoms with van der Waals surface area (Å²) < 4.78 is 1.90. The first-order chi connectivity index (χ1) is 8.33. The Kier molecular flexibility index (Phi) is 2.69. The number of aryl methyl sites for hydroxylation is 1. The molecule has 0 bridgehead atoms. The van der Waals surface area contributed by atoms with Crippen LogP contribution in [0, 0.1) is 0 Å². The number of hydrogen-bond acceptors (Lipinski definition) is 2. The van der Waals surface area contributed by atoms with Gasteiger partial charge in [-0.15, -0.1) is 0 Å². The minimum absolute atomic E-state index is 0.735. The third-order valence-corrected chi connectivity index (χ3v) is 3.11. The number of benzene rings is 1. The zero-order valence-electron chi connectivity index (χ0n) is 10.1. The molecular weight excluding hydrogens is 210 g/mol. The number of nitrogens with one attached hydrogen (secondary N) is 1. The molecule has 1 heterocycles. The van der Waals surface area contributed by atoms with Crippen LogP contribution in [0.3, 0.4) is 0 Å². The summed E-state index contributed by atoms with van der Waals surface area (Å²) in [5, 5.41) is 8.10. The van der Waals surface area contributed by atoms with E-state index in [9.17, 15) is 0 Å². The lowest BCUT2D eigenvalue weighted by Crippen LogP contribution is -2.15. The molecule has 0 amide bonds. The Balaban J connectivity index is 1.86. The van der Waals surface area contributed by atoms with Crippen molar-refractivity contribution in [1.82, 2.24) is 15.1 Å². The van der Waals surface area contributed by atoms with Crippen molar-refractivity contribution in [3.63, 3.8) is 0 Å². The van der Waals surface area contributed by atoms with Crippen LogP contribution in [0.2, 0.25) is 0 Å². The van der Waals surface area contributed by atoms with E-state index in [-0.39, 0.29) is 0 Å². The molecule has 0 radical (unpaired) electrons. The fraction of sp³-hybridized carbons (Fsp3) is 0.357. The van der Waals surface area contributed by atoms with Crippen molar-refractivity contribution in [2.24, 2.45) is 7.05 Å². The second-order valence-electron chi connectivity index (χ2n) is 4.70. The number of aromatic nitrogens is 2. The molecule has 1 fully saturated rings. The summed E-state index contributed by atoms with van der Waals surface area (Å²) in [6, 6.07) is 11.1. The van der Waals surface area contributed by atoms with Crippen LogP contribution >= 0.6 is 0 Å². The van der Waals surface area contributed by atoms with Gasteiger partial charge in [0.2, 0.25) is 0 Å². The van der Waals surface area contributed by atoms with Gasteiger partial charge in [0.25, 0.3) is 0 Å². The first-order valence-electron chi connectivity index (χ1n) is 6.14. The predicted molar refractivity (Wildman–Crippen MR) is 68.5 cm³/mol. The van der Waals surface area contributed by atoms with Crippen molar-refractivity contribution in [3.8, 4) is 11.3 Å². The molecule has 3 rings (SSSR count). The van der Waals surface area contributed by atoms with Crippen LogP contribution in [0.1, 0.15) is 18.4 Å². The van der Waals surface area contributed by atoms with E-state index in [0.717, 1.165) is 18.3 Å². The highest BCUT2D eigenvalue weighted by atomic mass is 15.3. The topological polar surface area (TPSA) is 29.9 Å². The summed E-state index contributed by atoms with van der Waals surface area (Å²) in [5.41, 5.74) is 3.58. The summed E-state index contributed by atoms with van der Waals surface area (Å²) in [7, 11) is 1.98. The van der Waals surface area contributed by atoms with Gasteiger partial charge in [-0.25, -0.2) is 0 Å². The van der Waals surface area contributed by atoms with Crippen LogP contribution in [0.15, 0.2) is 36.5 Å². The fourth-order valence-electron chi connectivity index (χ4n) is 2.05. The van der Waals surface area contributed by atoms with Crippen molar-refractivity contribution in [2.45, 2.75) is 25.4 Å². The zero-order chi connectivity index (χ0) is 11.7. The molecule has 1 aliphatic carbocycles. The fourth-order valence-corrected chi connectivity index (χ4v) is 2.05. The van der Waals surface area contributed by atoms with Gasteiger partial charge in [0.05, 0.1) is 5.69 Å². The Morgan fingerprint density at radius 2 is 2.06 bits per heavy atom. The lowest BCUT2D eigenvalue weighted by molar-refractivity contribution is 0.687. The Labute approximate surface area is 101 Å². The maximum Gasteiger partial charge on any atom is 0.0967 e. The average molecular weight is 227 g/mol. The van der Waals surface area contributed by atoms with E-state index in [0.29, 0.717) is 0 Å². The first kappa shape index (κ1) is 10.5. The molecule has 88 valence electrons. The minimum Gasteiger partial charge on any atom is -0.310 e. The Morgan fingerprint density at radius 1 is 1.29 bits per heavy atom. The third kappa shape index (κ3) is 2.39. The number of hydrogen-bond donors (Lipinski definition) is 1. The van der Waals surface area contributed by atoms with E-state index in [4.69, 9.17) is 0 Å². The molecule has 3 heteroatoms. The summed E-state index contributed by atoms with van der Waals surface area (Å²) in [6.07, 6.45) is 4.75. The molecule has 17 heavy (non-hydrogen) atoms. The summed E-state index contributed by atoms with van der Waals surface area (Å²) >= 11 is 0. The van der Waals surface area contributed by atoms with E-state index in [1.165, 1.54) is 24.0 Å². The SMILES string of the molecule is Cn1cc(CNC2CC2)c(-c2ccccc2)n1. The number of nitrogens with zero attached hydrogens (tertiary/aromatic N) is 2. The van der Waals surface area contributed by atoms with E-state index in [1.54, 1.807) is 0 Å². The molecule has 1 saturated carbocycles. The normalized spacial score (nSPS) is 15.1. The van der Waals surface area contributed by atoms with Crippen LogP contribution in [0.25, 0.3) is 11.3 Å². The van der Waals surface area contributed by atoms with Gasteiger partial charge in [0, 0.05) is 37.0 Å². The minimum atomic E-state index is 0.735. The predicted octanol–water partition coefficient (Wildman–Crippen LogP) is 2.34. The van der Waals surface area contributed by atoms with E-state index < -0.39 is 0 Å². The molecule has 1 N–H and O–H groups in total.